The third kappa shape index (κ3) is 7.90. The van der Waals surface area contributed by atoms with Gasteiger partial charge in [0.25, 0.3) is 5.56 Å². The minimum absolute atomic E-state index is 0.104. The van der Waals surface area contributed by atoms with Gasteiger partial charge in [0, 0.05) is 12.6 Å². The van der Waals surface area contributed by atoms with E-state index in [1.807, 2.05) is 0 Å². The van der Waals surface area contributed by atoms with Crippen LogP contribution in [0.25, 0.3) is 6.08 Å². The number of aromatic amines is 1. The van der Waals surface area contributed by atoms with Gasteiger partial charge >= 0.3 is 25.6 Å². The molecule has 5 atom stereocenters. The Balaban J connectivity index is 1.78. The van der Waals surface area contributed by atoms with Crippen molar-refractivity contribution in [3.63, 3.8) is 0 Å². The number of benzene rings is 1. The summed E-state index contributed by atoms with van der Waals surface area (Å²) in [7, 11) is -3.39. The van der Waals surface area contributed by atoms with Crippen molar-refractivity contribution in [1.29, 1.82) is 0 Å². The zero-order valence-corrected chi connectivity index (χ0v) is 22.9. The second kappa shape index (κ2) is 12.6. The van der Waals surface area contributed by atoms with E-state index in [4.69, 9.17) is 13.8 Å². The van der Waals surface area contributed by atoms with Gasteiger partial charge in [-0.05, 0) is 42.3 Å². The molecule has 0 amide bonds. The summed E-state index contributed by atoms with van der Waals surface area (Å²) in [6, 6.07) is 2.03. The van der Waals surface area contributed by atoms with Crippen LogP contribution in [0, 0.1) is 0 Å². The highest BCUT2D eigenvalue weighted by Crippen LogP contribution is 2.46. The largest absolute Gasteiger partial charge is 0.468 e. The number of methoxy groups -OCH3 is 1. The van der Waals surface area contributed by atoms with E-state index in [1.54, 1.807) is 0 Å². The van der Waals surface area contributed by atoms with Crippen LogP contribution < -0.4 is 20.9 Å². The molecule has 0 aliphatic carbocycles. The molecule has 17 heteroatoms. The normalized spacial score (nSPS) is 22.0. The van der Waals surface area contributed by atoms with Gasteiger partial charge in [0.05, 0.1) is 30.9 Å². The molecule has 2 heterocycles. The number of nitrogens with zero attached hydrogens (tertiary/aromatic N) is 1. The maximum Gasteiger partial charge on any atom is 0.459 e. The number of aromatic nitrogens is 2. The number of alkyl halides is 3. The first-order chi connectivity index (χ1) is 18.3. The summed E-state index contributed by atoms with van der Waals surface area (Å²) in [6.07, 6.45) is -5.49. The lowest BCUT2D eigenvalue weighted by molar-refractivity contribution is -0.142. The number of ether oxygens (including phenoxy) is 2. The Morgan fingerprint density at radius 1 is 1.36 bits per heavy atom. The number of aliphatic hydroxyl groups excluding tert-OH is 1. The van der Waals surface area contributed by atoms with E-state index in [0.29, 0.717) is 12.1 Å². The van der Waals surface area contributed by atoms with Gasteiger partial charge in [0.1, 0.15) is 24.1 Å². The van der Waals surface area contributed by atoms with Crippen LogP contribution in [0.5, 0.6) is 5.75 Å². The number of halogens is 4. The Kier molecular flexibility index (Phi) is 9.96. The molecular formula is C22H24BrF3N3O9P. The molecule has 1 saturated heterocycles. The summed E-state index contributed by atoms with van der Waals surface area (Å²) in [6.45, 7) is 0.708. The van der Waals surface area contributed by atoms with Gasteiger partial charge in [-0.2, -0.15) is 18.3 Å². The summed E-state index contributed by atoms with van der Waals surface area (Å²) < 4.78 is 74.2. The Labute approximate surface area is 227 Å². The van der Waals surface area contributed by atoms with Gasteiger partial charge in [0.2, 0.25) is 0 Å². The highest BCUT2D eigenvalue weighted by Gasteiger charge is 2.40. The van der Waals surface area contributed by atoms with E-state index >= 15 is 0 Å². The van der Waals surface area contributed by atoms with E-state index in [-0.39, 0.29) is 17.7 Å². The van der Waals surface area contributed by atoms with Crippen molar-refractivity contribution in [2.75, 3.05) is 13.7 Å². The van der Waals surface area contributed by atoms with Crippen LogP contribution in [0.2, 0.25) is 0 Å². The molecule has 12 nitrogen and oxygen atoms in total. The second-order valence-corrected chi connectivity index (χ2v) is 10.5. The molecule has 1 aromatic heterocycles. The van der Waals surface area contributed by atoms with Crippen molar-refractivity contribution in [1.82, 2.24) is 14.6 Å². The van der Waals surface area contributed by atoms with Crippen molar-refractivity contribution in [2.24, 2.45) is 0 Å². The van der Waals surface area contributed by atoms with Crippen LogP contribution in [-0.4, -0.2) is 52.6 Å². The smallest absolute Gasteiger partial charge is 0.459 e. The monoisotopic (exact) mass is 641 g/mol. The molecular weight excluding hydrogens is 618 g/mol. The Hall–Kier alpha value is -2.75. The Bertz CT molecular complexity index is 1360. The number of aliphatic hydroxyl groups is 1. The van der Waals surface area contributed by atoms with Crippen LogP contribution in [-0.2, 0) is 29.5 Å². The SMILES string of the molecule is COC(=O)[C@H](C)NP(=O)(OC[C@H]1O[C@@H](n2cc(/C=C/Br)c(=O)[nH]c2=O)CC1O)Oc1ccc(C(F)(F)F)cc1. The fourth-order valence-electron chi connectivity index (χ4n) is 3.51. The average molecular weight is 642 g/mol. The number of esters is 1. The average Bonchev–Trinajstić information content (AvgIpc) is 3.23. The fraction of sp³-hybridized carbons (Fsp3) is 0.409. The molecule has 0 spiro atoms. The Morgan fingerprint density at radius 2 is 2.03 bits per heavy atom. The fourth-order valence-corrected chi connectivity index (χ4v) is 5.30. The summed E-state index contributed by atoms with van der Waals surface area (Å²) >= 11 is 3.04. The zero-order valence-electron chi connectivity index (χ0n) is 20.4. The summed E-state index contributed by atoms with van der Waals surface area (Å²) in [5.74, 6) is -1.10. The third-order valence-corrected chi connectivity index (χ3v) is 7.38. The summed E-state index contributed by atoms with van der Waals surface area (Å²) in [5.41, 5.74) is -2.28. The second-order valence-electron chi connectivity index (χ2n) is 8.26. The first kappa shape index (κ1) is 30.8. The van der Waals surface area contributed by atoms with E-state index < -0.39 is 67.8 Å². The van der Waals surface area contributed by atoms with E-state index in [1.165, 1.54) is 24.2 Å². The molecule has 3 N–H and O–H groups in total. The number of hydrogen-bond acceptors (Lipinski definition) is 9. The van der Waals surface area contributed by atoms with Gasteiger partial charge in [-0.3, -0.25) is 23.7 Å². The highest BCUT2D eigenvalue weighted by atomic mass is 79.9. The Morgan fingerprint density at radius 3 is 2.62 bits per heavy atom. The lowest BCUT2D eigenvalue weighted by Crippen LogP contribution is -2.36. The van der Waals surface area contributed by atoms with Gasteiger partial charge in [-0.25, -0.2) is 9.36 Å². The van der Waals surface area contributed by atoms with E-state index in [0.717, 1.165) is 23.8 Å². The van der Waals surface area contributed by atoms with Crippen LogP contribution in [0.4, 0.5) is 13.2 Å². The molecule has 214 valence electrons. The predicted molar refractivity (Wildman–Crippen MR) is 134 cm³/mol. The number of carbonyl (C=O) groups is 1. The maximum atomic E-state index is 13.5. The zero-order chi connectivity index (χ0) is 29.0. The highest BCUT2D eigenvalue weighted by molar-refractivity contribution is 9.11. The lowest BCUT2D eigenvalue weighted by atomic mass is 10.2. The van der Waals surface area contributed by atoms with E-state index in [9.17, 15) is 37.2 Å². The van der Waals surface area contributed by atoms with Crippen molar-refractivity contribution in [3.8, 4) is 5.75 Å². The molecule has 1 aliphatic heterocycles. The molecule has 0 saturated carbocycles. The molecule has 1 aliphatic rings. The number of H-pyrrole nitrogens is 1. The van der Waals surface area contributed by atoms with Crippen LogP contribution in [0.15, 0.2) is 45.0 Å². The first-order valence-corrected chi connectivity index (χ1v) is 13.6. The predicted octanol–water partition coefficient (Wildman–Crippen LogP) is 2.92. The van der Waals surface area contributed by atoms with Crippen molar-refractivity contribution >= 4 is 35.7 Å². The standard InChI is InChI=1S/C22H24BrF3N3O9P/c1-12(20(32)35-2)28-39(34,38-15-5-3-14(4-6-15)22(24,25)26)36-11-17-16(30)9-18(37-17)29-10-13(7-8-23)19(31)27-21(29)33/h3-8,10,12,16-18,30H,9,11H2,1-2H3,(H,28,34)(H,27,31,33)/b8-7+/t12-,16?,17+,18+,39?/m0/s1. The van der Waals surface area contributed by atoms with Crippen LogP contribution in [0.3, 0.4) is 0 Å². The van der Waals surface area contributed by atoms with Gasteiger partial charge in [-0.1, -0.05) is 15.9 Å². The lowest BCUT2D eigenvalue weighted by Gasteiger charge is -2.24. The number of rotatable bonds is 10. The number of hydrogen-bond donors (Lipinski definition) is 3. The molecule has 2 unspecified atom stereocenters. The number of carbonyl (C=O) groups excluding carboxylic acids is 1. The molecule has 0 bridgehead atoms. The van der Waals surface area contributed by atoms with Crippen molar-refractivity contribution < 1.29 is 46.2 Å². The molecule has 39 heavy (non-hydrogen) atoms. The molecule has 2 aromatic rings. The van der Waals surface area contributed by atoms with Gasteiger partial charge in [-0.15, -0.1) is 0 Å². The maximum absolute atomic E-state index is 13.5. The molecule has 3 rings (SSSR count). The van der Waals surface area contributed by atoms with Gasteiger partial charge < -0.3 is 19.1 Å². The summed E-state index contributed by atoms with van der Waals surface area (Å²) in [5, 5.41) is 12.8. The summed E-state index contributed by atoms with van der Waals surface area (Å²) in [4.78, 5) is 39.6. The molecule has 0 radical (unpaired) electrons. The van der Waals surface area contributed by atoms with Crippen LogP contribution >= 0.6 is 23.7 Å². The topological polar surface area (TPSA) is 158 Å². The van der Waals surface area contributed by atoms with Crippen molar-refractivity contribution in [3.05, 3.63) is 67.4 Å². The minimum Gasteiger partial charge on any atom is -0.468 e. The minimum atomic E-state index is -4.61. The van der Waals surface area contributed by atoms with Crippen LogP contribution in [0.1, 0.15) is 30.7 Å². The third-order valence-electron chi connectivity index (χ3n) is 5.47. The first-order valence-electron chi connectivity index (χ1n) is 11.2. The quantitative estimate of drug-likeness (QED) is 0.260. The van der Waals surface area contributed by atoms with Crippen molar-refractivity contribution in [2.45, 2.75) is 44.0 Å². The van der Waals surface area contributed by atoms with Gasteiger partial charge in [0.15, 0.2) is 0 Å². The van der Waals surface area contributed by atoms with E-state index in [2.05, 4.69) is 30.7 Å². The molecule has 1 fully saturated rings. The molecule has 1 aromatic carbocycles. The number of nitrogens with one attached hydrogen (secondary N) is 2.